The molecule has 2 aromatic carbocycles. The summed E-state index contributed by atoms with van der Waals surface area (Å²) in [6.07, 6.45) is 1.01. The van der Waals surface area contributed by atoms with E-state index >= 15 is 0 Å². The van der Waals surface area contributed by atoms with Gasteiger partial charge in [-0.3, -0.25) is 4.79 Å². The first-order valence-corrected chi connectivity index (χ1v) is 12.4. The Morgan fingerprint density at radius 3 is 2.47 bits per heavy atom. The Morgan fingerprint density at radius 1 is 1.09 bits per heavy atom. The molecular weight excluding hydrogens is 442 g/mol. The van der Waals surface area contributed by atoms with Crippen LogP contribution in [0.2, 0.25) is 0 Å². The first kappa shape index (κ1) is 22.6. The number of morpholine rings is 1. The third-order valence-electron chi connectivity index (χ3n) is 5.18. The zero-order chi connectivity index (χ0) is 22.3. The molecule has 1 aromatic heterocycles. The maximum absolute atomic E-state index is 12.6. The number of carbonyl (C=O) groups excluding carboxylic acids is 1. The van der Waals surface area contributed by atoms with Crippen molar-refractivity contribution in [1.29, 1.82) is 0 Å². The standard InChI is InChI=1S/C23H27N5O2S2/c1-3-17-4-6-19(7-5-17)25-22-26-27-23(32-22)31-16(2)21(29)24-18-8-10-20(11-9-18)28-12-14-30-15-13-28/h4-11,16H,3,12-15H2,1-2H3,(H,24,29)(H,25,26). The van der Waals surface area contributed by atoms with Crippen LogP contribution in [0.15, 0.2) is 52.9 Å². The molecule has 7 nitrogen and oxygen atoms in total. The van der Waals surface area contributed by atoms with Crippen LogP contribution in [0.1, 0.15) is 19.4 Å². The minimum Gasteiger partial charge on any atom is -0.378 e. The summed E-state index contributed by atoms with van der Waals surface area (Å²) in [5.41, 5.74) is 4.20. The molecule has 1 amide bonds. The number of benzene rings is 2. The zero-order valence-electron chi connectivity index (χ0n) is 18.2. The van der Waals surface area contributed by atoms with Gasteiger partial charge >= 0.3 is 0 Å². The second-order valence-electron chi connectivity index (χ2n) is 7.44. The molecule has 0 spiro atoms. The minimum absolute atomic E-state index is 0.0611. The second-order valence-corrected chi connectivity index (χ2v) is 10.0. The van der Waals surface area contributed by atoms with E-state index in [9.17, 15) is 4.79 Å². The summed E-state index contributed by atoms with van der Waals surface area (Å²) >= 11 is 2.85. The molecule has 0 saturated carbocycles. The van der Waals surface area contributed by atoms with Crippen LogP contribution in [0.4, 0.5) is 22.2 Å². The molecule has 2 heterocycles. The van der Waals surface area contributed by atoms with Gasteiger partial charge < -0.3 is 20.3 Å². The maximum Gasteiger partial charge on any atom is 0.237 e. The topological polar surface area (TPSA) is 79.4 Å². The van der Waals surface area contributed by atoms with Crippen LogP contribution in [0.3, 0.4) is 0 Å². The van der Waals surface area contributed by atoms with Crippen molar-refractivity contribution in [3.05, 3.63) is 54.1 Å². The summed E-state index contributed by atoms with van der Waals surface area (Å²) in [5, 5.41) is 15.1. The van der Waals surface area contributed by atoms with Gasteiger partial charge in [0.2, 0.25) is 11.0 Å². The van der Waals surface area contributed by atoms with Crippen molar-refractivity contribution in [3.8, 4) is 0 Å². The predicted molar refractivity (Wildman–Crippen MR) is 132 cm³/mol. The average Bonchev–Trinajstić information content (AvgIpc) is 3.27. The largest absolute Gasteiger partial charge is 0.378 e. The molecule has 9 heteroatoms. The smallest absolute Gasteiger partial charge is 0.237 e. The molecule has 0 aliphatic carbocycles. The van der Waals surface area contributed by atoms with Crippen LogP contribution in [-0.2, 0) is 16.0 Å². The molecule has 1 saturated heterocycles. The Morgan fingerprint density at radius 2 is 1.78 bits per heavy atom. The van der Waals surface area contributed by atoms with Gasteiger partial charge in [0.05, 0.1) is 18.5 Å². The lowest BCUT2D eigenvalue weighted by atomic mass is 10.1. The number of amides is 1. The summed E-state index contributed by atoms with van der Waals surface area (Å²) in [7, 11) is 0. The van der Waals surface area contributed by atoms with Gasteiger partial charge in [-0.1, -0.05) is 42.2 Å². The quantitative estimate of drug-likeness (QED) is 0.459. The van der Waals surface area contributed by atoms with Crippen LogP contribution in [0.5, 0.6) is 0 Å². The molecule has 0 radical (unpaired) electrons. The molecule has 2 N–H and O–H groups in total. The van der Waals surface area contributed by atoms with Gasteiger partial charge in [0.25, 0.3) is 0 Å². The van der Waals surface area contributed by atoms with Crippen molar-refractivity contribution in [2.75, 3.05) is 41.8 Å². The van der Waals surface area contributed by atoms with E-state index in [1.54, 1.807) is 0 Å². The van der Waals surface area contributed by atoms with E-state index in [1.807, 2.05) is 43.3 Å². The van der Waals surface area contributed by atoms with Crippen molar-refractivity contribution in [3.63, 3.8) is 0 Å². The predicted octanol–water partition coefficient (Wildman–Crippen LogP) is 4.80. The number of hydrogen-bond acceptors (Lipinski definition) is 8. The number of carbonyl (C=O) groups is 1. The van der Waals surface area contributed by atoms with E-state index in [1.165, 1.54) is 28.7 Å². The molecular formula is C23H27N5O2S2. The summed E-state index contributed by atoms with van der Waals surface area (Å²) in [6, 6.07) is 16.2. The Hall–Kier alpha value is -2.62. The summed E-state index contributed by atoms with van der Waals surface area (Å²) < 4.78 is 6.15. The fraction of sp³-hybridized carbons (Fsp3) is 0.348. The number of aryl methyl sites for hydroxylation is 1. The highest BCUT2D eigenvalue weighted by Gasteiger charge is 2.18. The average molecular weight is 470 g/mol. The van der Waals surface area contributed by atoms with E-state index < -0.39 is 0 Å². The lowest BCUT2D eigenvalue weighted by molar-refractivity contribution is -0.115. The highest BCUT2D eigenvalue weighted by atomic mass is 32.2. The highest BCUT2D eigenvalue weighted by molar-refractivity contribution is 8.02. The van der Waals surface area contributed by atoms with Crippen LogP contribution in [0, 0.1) is 0 Å². The normalized spacial score (nSPS) is 14.8. The Kier molecular flexibility index (Phi) is 7.62. The van der Waals surface area contributed by atoms with Crippen LogP contribution in [-0.4, -0.2) is 47.7 Å². The van der Waals surface area contributed by atoms with E-state index in [2.05, 4.69) is 44.8 Å². The molecule has 1 aliphatic rings. The van der Waals surface area contributed by atoms with Gasteiger partial charge in [-0.2, -0.15) is 0 Å². The number of thioether (sulfide) groups is 1. The lowest BCUT2D eigenvalue weighted by Gasteiger charge is -2.28. The summed E-state index contributed by atoms with van der Waals surface area (Å²) in [6.45, 7) is 7.29. The molecule has 1 unspecified atom stereocenters. The number of rotatable bonds is 8. The third kappa shape index (κ3) is 5.99. The molecule has 1 atom stereocenters. The SMILES string of the molecule is CCc1ccc(Nc2nnc(SC(C)C(=O)Nc3ccc(N4CCOCC4)cc3)s2)cc1. The van der Waals surface area contributed by atoms with Crippen molar-refractivity contribution in [2.45, 2.75) is 29.9 Å². The Balaban J connectivity index is 1.28. The van der Waals surface area contributed by atoms with E-state index in [0.717, 1.165) is 54.1 Å². The molecule has 1 fully saturated rings. The van der Waals surface area contributed by atoms with E-state index in [0.29, 0.717) is 5.13 Å². The molecule has 4 rings (SSSR count). The fourth-order valence-corrected chi connectivity index (χ4v) is 5.20. The van der Waals surface area contributed by atoms with Crippen molar-refractivity contribution in [2.24, 2.45) is 0 Å². The van der Waals surface area contributed by atoms with Gasteiger partial charge in [-0.05, 0) is 55.3 Å². The van der Waals surface area contributed by atoms with Gasteiger partial charge in [0, 0.05) is 30.2 Å². The number of aromatic nitrogens is 2. The lowest BCUT2D eigenvalue weighted by Crippen LogP contribution is -2.36. The fourth-order valence-electron chi connectivity index (χ4n) is 3.28. The van der Waals surface area contributed by atoms with Gasteiger partial charge in [0.1, 0.15) is 0 Å². The Labute approximate surface area is 196 Å². The van der Waals surface area contributed by atoms with Gasteiger partial charge in [0.15, 0.2) is 4.34 Å². The summed E-state index contributed by atoms with van der Waals surface area (Å²) in [4.78, 5) is 14.9. The van der Waals surface area contributed by atoms with E-state index in [-0.39, 0.29) is 11.2 Å². The first-order chi connectivity index (χ1) is 15.6. The molecule has 3 aromatic rings. The number of ether oxygens (including phenoxy) is 1. The minimum atomic E-state index is -0.293. The zero-order valence-corrected chi connectivity index (χ0v) is 19.8. The Bertz CT molecular complexity index is 1020. The van der Waals surface area contributed by atoms with Crippen LogP contribution < -0.4 is 15.5 Å². The second kappa shape index (κ2) is 10.8. The van der Waals surface area contributed by atoms with Crippen molar-refractivity contribution < 1.29 is 9.53 Å². The number of nitrogens with one attached hydrogen (secondary N) is 2. The maximum atomic E-state index is 12.6. The molecule has 0 bridgehead atoms. The van der Waals surface area contributed by atoms with Crippen LogP contribution >= 0.6 is 23.1 Å². The van der Waals surface area contributed by atoms with Crippen molar-refractivity contribution in [1.82, 2.24) is 10.2 Å². The number of hydrogen-bond donors (Lipinski definition) is 2. The first-order valence-electron chi connectivity index (χ1n) is 10.7. The van der Waals surface area contributed by atoms with Gasteiger partial charge in [-0.25, -0.2) is 0 Å². The van der Waals surface area contributed by atoms with Crippen LogP contribution in [0.25, 0.3) is 0 Å². The third-order valence-corrected chi connectivity index (χ3v) is 7.20. The van der Waals surface area contributed by atoms with Crippen molar-refractivity contribution >= 4 is 51.2 Å². The number of nitrogens with zero attached hydrogens (tertiary/aromatic N) is 3. The summed E-state index contributed by atoms with van der Waals surface area (Å²) in [5.74, 6) is -0.0611. The number of anilines is 4. The highest BCUT2D eigenvalue weighted by Crippen LogP contribution is 2.31. The molecule has 32 heavy (non-hydrogen) atoms. The molecule has 168 valence electrons. The monoisotopic (exact) mass is 469 g/mol. The van der Waals surface area contributed by atoms with Gasteiger partial charge in [-0.15, -0.1) is 10.2 Å². The molecule has 1 aliphatic heterocycles. The van der Waals surface area contributed by atoms with E-state index in [4.69, 9.17) is 4.74 Å².